The van der Waals surface area contributed by atoms with E-state index in [9.17, 15) is 4.79 Å². The van der Waals surface area contributed by atoms with Crippen molar-refractivity contribution >= 4 is 5.91 Å². The van der Waals surface area contributed by atoms with E-state index in [0.717, 1.165) is 22.6 Å². The number of aryl methyl sites for hydroxylation is 2. The Morgan fingerprint density at radius 3 is 2.46 bits per heavy atom. The molecular formula is C19H23NO4. The normalized spacial score (nSPS) is 14.5. The van der Waals surface area contributed by atoms with Crippen LogP contribution in [0.15, 0.2) is 28.9 Å². The highest BCUT2D eigenvalue weighted by Gasteiger charge is 2.24. The fourth-order valence-electron chi connectivity index (χ4n) is 3.01. The van der Waals surface area contributed by atoms with Gasteiger partial charge in [0.1, 0.15) is 19.0 Å². The summed E-state index contributed by atoms with van der Waals surface area (Å²) in [5, 5.41) is 3.13. The Morgan fingerprint density at radius 1 is 1.12 bits per heavy atom. The van der Waals surface area contributed by atoms with Crippen molar-refractivity contribution < 1.29 is 18.7 Å². The Kier molecular flexibility index (Phi) is 4.51. The Bertz CT molecular complexity index is 728. The number of carbonyl (C=O) groups is 1. The molecule has 2 aromatic rings. The molecule has 2 heterocycles. The molecule has 0 spiro atoms. The molecule has 1 N–H and O–H groups in total. The van der Waals surface area contributed by atoms with E-state index in [1.807, 2.05) is 25.1 Å². The third-order valence-corrected chi connectivity index (χ3v) is 4.26. The summed E-state index contributed by atoms with van der Waals surface area (Å²) in [4.78, 5) is 12.7. The first-order chi connectivity index (χ1) is 11.5. The predicted molar refractivity (Wildman–Crippen MR) is 90.7 cm³/mol. The van der Waals surface area contributed by atoms with Crippen LogP contribution >= 0.6 is 0 Å². The summed E-state index contributed by atoms with van der Waals surface area (Å²) in [6.45, 7) is 8.95. The minimum atomic E-state index is -0.123. The van der Waals surface area contributed by atoms with Crippen molar-refractivity contribution in [3.8, 4) is 11.5 Å². The molecule has 1 aliphatic heterocycles. The summed E-state index contributed by atoms with van der Waals surface area (Å²) in [6.07, 6.45) is 1.61. The van der Waals surface area contributed by atoms with E-state index in [-0.39, 0.29) is 17.9 Å². The monoisotopic (exact) mass is 329 g/mol. The number of furan rings is 1. The Morgan fingerprint density at radius 2 is 1.83 bits per heavy atom. The van der Waals surface area contributed by atoms with E-state index in [1.165, 1.54) is 0 Å². The van der Waals surface area contributed by atoms with Crippen molar-refractivity contribution in [3.63, 3.8) is 0 Å². The Labute approximate surface area is 141 Å². The zero-order valence-electron chi connectivity index (χ0n) is 14.5. The van der Waals surface area contributed by atoms with Crippen LogP contribution in [-0.4, -0.2) is 19.1 Å². The highest BCUT2D eigenvalue weighted by Crippen LogP contribution is 2.34. The molecule has 5 nitrogen and oxygen atoms in total. The molecule has 128 valence electrons. The van der Waals surface area contributed by atoms with Crippen molar-refractivity contribution in [2.45, 2.75) is 33.7 Å². The average Bonchev–Trinajstić information content (AvgIpc) is 2.90. The summed E-state index contributed by atoms with van der Waals surface area (Å²) in [6, 6.07) is 5.71. The second kappa shape index (κ2) is 6.59. The van der Waals surface area contributed by atoms with Crippen LogP contribution in [0.3, 0.4) is 0 Å². The second-order valence-electron chi connectivity index (χ2n) is 6.45. The number of hydrogen-bond donors (Lipinski definition) is 1. The highest BCUT2D eigenvalue weighted by atomic mass is 16.6. The van der Waals surface area contributed by atoms with Gasteiger partial charge in [0.05, 0.1) is 17.9 Å². The van der Waals surface area contributed by atoms with Gasteiger partial charge in [0.25, 0.3) is 5.91 Å². The van der Waals surface area contributed by atoms with E-state index in [1.54, 1.807) is 13.2 Å². The highest BCUT2D eigenvalue weighted by molar-refractivity contribution is 5.96. The number of rotatable bonds is 4. The standard InChI is InChI=1S/C19H23NO4/c1-11(2)18(20-19(21)17-12(3)10-24-13(17)4)14-5-6-15-16(9-14)23-8-7-22-15/h5-6,9-11,18H,7-8H2,1-4H3,(H,20,21). The molecule has 3 rings (SSSR count). The van der Waals surface area contributed by atoms with E-state index < -0.39 is 0 Å². The van der Waals surface area contributed by atoms with Crippen molar-refractivity contribution in [3.05, 3.63) is 46.9 Å². The molecule has 1 aromatic heterocycles. The fourth-order valence-corrected chi connectivity index (χ4v) is 3.01. The van der Waals surface area contributed by atoms with Crippen LogP contribution in [0.4, 0.5) is 0 Å². The van der Waals surface area contributed by atoms with Gasteiger partial charge in [-0.25, -0.2) is 0 Å². The zero-order chi connectivity index (χ0) is 17.3. The lowest BCUT2D eigenvalue weighted by Gasteiger charge is -2.25. The van der Waals surface area contributed by atoms with Crippen LogP contribution in [0, 0.1) is 19.8 Å². The van der Waals surface area contributed by atoms with Gasteiger partial charge in [-0.1, -0.05) is 19.9 Å². The lowest BCUT2D eigenvalue weighted by molar-refractivity contribution is 0.0923. The minimum Gasteiger partial charge on any atom is -0.486 e. The number of ether oxygens (including phenoxy) is 2. The number of nitrogens with one attached hydrogen (secondary N) is 1. The van der Waals surface area contributed by atoms with Gasteiger partial charge in [-0.3, -0.25) is 4.79 Å². The quantitative estimate of drug-likeness (QED) is 0.927. The Hall–Kier alpha value is -2.43. The predicted octanol–water partition coefficient (Wildman–Crippen LogP) is 3.79. The smallest absolute Gasteiger partial charge is 0.255 e. The maximum absolute atomic E-state index is 12.7. The molecule has 0 saturated carbocycles. The molecule has 1 amide bonds. The first-order valence-corrected chi connectivity index (χ1v) is 8.22. The van der Waals surface area contributed by atoms with Crippen LogP contribution < -0.4 is 14.8 Å². The molecule has 0 aliphatic carbocycles. The molecule has 1 unspecified atom stereocenters. The van der Waals surface area contributed by atoms with E-state index in [0.29, 0.717) is 24.5 Å². The molecule has 1 atom stereocenters. The lowest BCUT2D eigenvalue weighted by Crippen LogP contribution is -2.32. The first-order valence-electron chi connectivity index (χ1n) is 8.22. The summed E-state index contributed by atoms with van der Waals surface area (Å²) >= 11 is 0. The maximum Gasteiger partial charge on any atom is 0.255 e. The SMILES string of the molecule is Cc1coc(C)c1C(=O)NC(c1ccc2c(c1)OCCO2)C(C)C. The van der Waals surface area contributed by atoms with Crippen molar-refractivity contribution in [2.75, 3.05) is 13.2 Å². The largest absolute Gasteiger partial charge is 0.486 e. The average molecular weight is 329 g/mol. The third-order valence-electron chi connectivity index (χ3n) is 4.26. The third kappa shape index (κ3) is 3.11. The van der Waals surface area contributed by atoms with Gasteiger partial charge in [-0.2, -0.15) is 0 Å². The molecule has 0 saturated heterocycles. The van der Waals surface area contributed by atoms with E-state index in [4.69, 9.17) is 13.9 Å². The molecule has 5 heteroatoms. The summed E-state index contributed by atoms with van der Waals surface area (Å²) in [7, 11) is 0. The topological polar surface area (TPSA) is 60.7 Å². The summed E-state index contributed by atoms with van der Waals surface area (Å²) < 4.78 is 16.6. The number of amides is 1. The molecular weight excluding hydrogens is 306 g/mol. The summed E-state index contributed by atoms with van der Waals surface area (Å²) in [5.41, 5.74) is 2.45. The number of fused-ring (bicyclic) bond motifs is 1. The van der Waals surface area contributed by atoms with Gasteiger partial charge in [-0.15, -0.1) is 0 Å². The van der Waals surface area contributed by atoms with Gasteiger partial charge < -0.3 is 19.2 Å². The lowest BCUT2D eigenvalue weighted by atomic mass is 9.95. The van der Waals surface area contributed by atoms with Gasteiger partial charge >= 0.3 is 0 Å². The van der Waals surface area contributed by atoms with Gasteiger partial charge in [0, 0.05) is 5.56 Å². The van der Waals surface area contributed by atoms with Crippen LogP contribution in [0.1, 0.15) is 47.1 Å². The number of hydrogen-bond acceptors (Lipinski definition) is 4. The maximum atomic E-state index is 12.7. The number of carbonyl (C=O) groups excluding carboxylic acids is 1. The second-order valence-corrected chi connectivity index (χ2v) is 6.45. The molecule has 0 bridgehead atoms. The van der Waals surface area contributed by atoms with Crippen LogP contribution in [0.2, 0.25) is 0 Å². The van der Waals surface area contributed by atoms with Crippen LogP contribution in [-0.2, 0) is 0 Å². The molecule has 1 aromatic carbocycles. The van der Waals surface area contributed by atoms with Gasteiger partial charge in [0.2, 0.25) is 0 Å². The fraction of sp³-hybridized carbons (Fsp3) is 0.421. The van der Waals surface area contributed by atoms with Crippen molar-refractivity contribution in [1.29, 1.82) is 0 Å². The minimum absolute atomic E-state index is 0.118. The van der Waals surface area contributed by atoms with Crippen molar-refractivity contribution in [2.24, 2.45) is 5.92 Å². The Balaban J connectivity index is 1.86. The first kappa shape index (κ1) is 16.4. The van der Waals surface area contributed by atoms with Crippen molar-refractivity contribution in [1.82, 2.24) is 5.32 Å². The molecule has 0 fully saturated rings. The van der Waals surface area contributed by atoms with Gasteiger partial charge in [0.15, 0.2) is 11.5 Å². The van der Waals surface area contributed by atoms with Gasteiger partial charge in [-0.05, 0) is 37.5 Å². The van der Waals surface area contributed by atoms with E-state index >= 15 is 0 Å². The molecule has 1 aliphatic rings. The molecule has 24 heavy (non-hydrogen) atoms. The molecule has 0 radical (unpaired) electrons. The van der Waals surface area contributed by atoms with Crippen LogP contribution in [0.25, 0.3) is 0 Å². The zero-order valence-corrected chi connectivity index (χ0v) is 14.5. The van der Waals surface area contributed by atoms with E-state index in [2.05, 4.69) is 19.2 Å². The number of benzene rings is 1. The van der Waals surface area contributed by atoms with Crippen LogP contribution in [0.5, 0.6) is 11.5 Å². The summed E-state index contributed by atoms with van der Waals surface area (Å²) in [5.74, 6) is 2.22.